The van der Waals surface area contributed by atoms with E-state index in [0.717, 1.165) is 0 Å². The van der Waals surface area contributed by atoms with E-state index < -0.39 is 46.6 Å². The van der Waals surface area contributed by atoms with Crippen LogP contribution < -0.4 is 4.46 Å². The summed E-state index contributed by atoms with van der Waals surface area (Å²) in [6.45, 7) is 0. The maximum absolute atomic E-state index is 12.7. The van der Waals surface area contributed by atoms with Crippen molar-refractivity contribution in [3.8, 4) is 0 Å². The van der Waals surface area contributed by atoms with Crippen LogP contribution in [0.2, 0.25) is 0 Å². The van der Waals surface area contributed by atoms with Crippen LogP contribution in [0.5, 0.6) is 0 Å². The van der Waals surface area contributed by atoms with E-state index in [-0.39, 0.29) is 22.4 Å². The minimum absolute atomic E-state index is 0. The van der Waals surface area contributed by atoms with Gasteiger partial charge in [0.2, 0.25) is 0 Å². The molecule has 0 unspecified atom stereocenters. The molecule has 0 aliphatic heterocycles. The van der Waals surface area contributed by atoms with Gasteiger partial charge in [-0.2, -0.15) is 0 Å². The van der Waals surface area contributed by atoms with Crippen LogP contribution in [0.3, 0.4) is 0 Å². The van der Waals surface area contributed by atoms with Crippen LogP contribution >= 0.6 is 0 Å². The van der Waals surface area contributed by atoms with Gasteiger partial charge in [0.05, 0.1) is 0 Å². The zero-order valence-electron chi connectivity index (χ0n) is 6.86. The summed E-state index contributed by atoms with van der Waals surface area (Å²) in [4.78, 5) is 0. The second-order valence-electron chi connectivity index (χ2n) is 2.37. The Hall–Kier alpha value is -0.310. The van der Waals surface area contributed by atoms with Crippen LogP contribution in [0.1, 0.15) is 0 Å². The molecular formula is C6HAgF5O3Se. The van der Waals surface area contributed by atoms with Gasteiger partial charge in [0, 0.05) is 22.4 Å². The Morgan fingerprint density at radius 2 is 1.00 bits per heavy atom. The molecule has 1 radical (unpaired) electrons. The Labute approximate surface area is 103 Å². The molecule has 0 bridgehead atoms. The van der Waals surface area contributed by atoms with Crippen molar-refractivity contribution >= 4 is 17.5 Å². The molecule has 0 amide bonds. The van der Waals surface area contributed by atoms with Gasteiger partial charge in [0.1, 0.15) is 0 Å². The molecule has 1 aromatic rings. The SMILES string of the molecule is O=[Se](=O)(O)c1c(F)c(F)c(F)c(F)c1F.[Ag]. The molecule has 0 heterocycles. The van der Waals surface area contributed by atoms with Crippen molar-refractivity contribution in [3.63, 3.8) is 0 Å². The summed E-state index contributed by atoms with van der Waals surface area (Å²) < 4.78 is 89.4. The van der Waals surface area contributed by atoms with Crippen LogP contribution in [0.15, 0.2) is 0 Å². The fourth-order valence-electron chi connectivity index (χ4n) is 0.811. The standard InChI is InChI=1S/C6HF5O3Se.Ag/c7-1-2(8)4(10)6(15(12,13)14)5(11)3(1)9;/h(H,12,13,14);. The molecule has 16 heavy (non-hydrogen) atoms. The van der Waals surface area contributed by atoms with Gasteiger partial charge in [-0.05, 0) is 0 Å². The maximum atomic E-state index is 12.7. The summed E-state index contributed by atoms with van der Waals surface area (Å²) in [6, 6.07) is 0. The van der Waals surface area contributed by atoms with Crippen LogP contribution in [0, 0.1) is 29.1 Å². The van der Waals surface area contributed by atoms with E-state index in [1.165, 1.54) is 0 Å². The molecule has 0 aromatic heterocycles. The van der Waals surface area contributed by atoms with Crippen molar-refractivity contribution in [1.29, 1.82) is 0 Å². The quantitative estimate of drug-likeness (QED) is 0.320. The van der Waals surface area contributed by atoms with Crippen LogP contribution in [0.25, 0.3) is 0 Å². The molecule has 0 aliphatic rings. The van der Waals surface area contributed by atoms with Gasteiger partial charge >= 0.3 is 80.4 Å². The number of benzene rings is 1. The van der Waals surface area contributed by atoms with Gasteiger partial charge in [-0.1, -0.05) is 0 Å². The zero-order valence-corrected chi connectivity index (χ0v) is 10.1. The molecule has 1 N–H and O–H groups in total. The third-order valence-electron chi connectivity index (χ3n) is 1.43. The molecule has 0 spiro atoms. The van der Waals surface area contributed by atoms with Gasteiger partial charge in [0.15, 0.2) is 0 Å². The van der Waals surface area contributed by atoms with Crippen molar-refractivity contribution in [2.75, 3.05) is 0 Å². The number of hydrogen-bond acceptors (Lipinski definition) is 2. The topological polar surface area (TPSA) is 54.4 Å². The first-order valence-electron chi connectivity index (χ1n) is 3.16. The van der Waals surface area contributed by atoms with Crippen LogP contribution in [0.4, 0.5) is 22.0 Å². The minimum Gasteiger partial charge on any atom is 0 e. The number of hydrogen-bond donors (Lipinski definition) is 1. The third kappa shape index (κ3) is 2.50. The van der Waals surface area contributed by atoms with Crippen molar-refractivity contribution < 1.29 is 56.2 Å². The smallest absolute Gasteiger partial charge is 0 e. The Morgan fingerprint density at radius 3 is 1.25 bits per heavy atom. The minimum atomic E-state index is -6.29. The molecule has 0 aliphatic carbocycles. The first kappa shape index (κ1) is 15.7. The molecule has 95 valence electrons. The second-order valence-corrected chi connectivity index (χ2v) is 5.22. The largest absolute Gasteiger partial charge is 0 e. The van der Waals surface area contributed by atoms with Crippen LogP contribution in [-0.2, 0) is 30.0 Å². The summed E-state index contributed by atoms with van der Waals surface area (Å²) >= 11 is -6.29. The van der Waals surface area contributed by atoms with E-state index in [0.29, 0.717) is 0 Å². The molecular weight excluding hydrogens is 402 g/mol. The summed E-state index contributed by atoms with van der Waals surface area (Å²) in [5, 5.41) is 0. The first-order valence-corrected chi connectivity index (χ1v) is 6.19. The van der Waals surface area contributed by atoms with Gasteiger partial charge < -0.3 is 0 Å². The van der Waals surface area contributed by atoms with Gasteiger partial charge in [0.25, 0.3) is 0 Å². The van der Waals surface area contributed by atoms with Crippen LogP contribution in [-0.4, -0.2) is 17.2 Å². The average Bonchev–Trinajstić information content (AvgIpc) is 2.09. The summed E-state index contributed by atoms with van der Waals surface area (Å²) in [5.41, 5.74) is 0. The van der Waals surface area contributed by atoms with E-state index in [9.17, 15) is 29.6 Å². The first-order chi connectivity index (χ1) is 6.68. The average molecular weight is 403 g/mol. The van der Waals surface area contributed by atoms with Gasteiger partial charge in [-0.25, -0.2) is 0 Å². The number of rotatable bonds is 1. The second kappa shape index (κ2) is 4.91. The van der Waals surface area contributed by atoms with E-state index in [4.69, 9.17) is 4.19 Å². The van der Waals surface area contributed by atoms with E-state index in [2.05, 4.69) is 0 Å². The van der Waals surface area contributed by atoms with Gasteiger partial charge in [-0.15, -0.1) is 0 Å². The molecule has 1 rings (SSSR count). The zero-order chi connectivity index (χ0) is 12.0. The summed E-state index contributed by atoms with van der Waals surface area (Å²) in [5.74, 6) is -12.5. The fourth-order valence-corrected chi connectivity index (χ4v) is 2.14. The summed E-state index contributed by atoms with van der Waals surface area (Å²) in [6.07, 6.45) is 0. The molecule has 0 atom stereocenters. The summed E-state index contributed by atoms with van der Waals surface area (Å²) in [7, 11) is 0. The third-order valence-corrected chi connectivity index (χ3v) is 3.26. The molecule has 1 aromatic carbocycles. The van der Waals surface area contributed by atoms with Crippen molar-refractivity contribution in [2.24, 2.45) is 0 Å². The predicted octanol–water partition coefficient (Wildman–Crippen LogP) is 0.379. The van der Waals surface area contributed by atoms with Crippen molar-refractivity contribution in [3.05, 3.63) is 29.1 Å². The van der Waals surface area contributed by atoms with Gasteiger partial charge in [-0.3, -0.25) is 0 Å². The Bertz CT molecular complexity index is 500. The Morgan fingerprint density at radius 1 is 0.750 bits per heavy atom. The molecule has 0 fully saturated rings. The van der Waals surface area contributed by atoms with E-state index in [1.807, 2.05) is 0 Å². The maximum Gasteiger partial charge on any atom is 0 e. The normalized spacial score (nSPS) is 11.1. The Balaban J connectivity index is 0.00000225. The van der Waals surface area contributed by atoms with Crippen molar-refractivity contribution in [1.82, 2.24) is 0 Å². The Kier molecular flexibility index (Phi) is 4.81. The molecule has 3 nitrogen and oxygen atoms in total. The molecule has 0 saturated carbocycles. The predicted molar refractivity (Wildman–Crippen MR) is 35.2 cm³/mol. The van der Waals surface area contributed by atoms with E-state index >= 15 is 0 Å². The molecule has 10 heteroatoms. The fraction of sp³-hybridized carbons (Fsp3) is 0. The van der Waals surface area contributed by atoms with E-state index in [1.54, 1.807) is 0 Å². The number of halogens is 5. The molecule has 0 saturated heterocycles. The monoisotopic (exact) mass is 403 g/mol. The van der Waals surface area contributed by atoms with Crippen molar-refractivity contribution in [2.45, 2.75) is 0 Å².